The second-order valence-corrected chi connectivity index (χ2v) is 6.70. The van der Waals surface area contributed by atoms with Gasteiger partial charge in [-0.2, -0.15) is 5.10 Å². The van der Waals surface area contributed by atoms with Crippen LogP contribution in [0.5, 0.6) is 0 Å². The first-order valence-corrected chi connectivity index (χ1v) is 8.83. The first-order valence-electron chi connectivity index (χ1n) is 8.83. The molecule has 2 aromatic heterocycles. The molecule has 0 radical (unpaired) electrons. The summed E-state index contributed by atoms with van der Waals surface area (Å²) in [5.41, 5.74) is 0.467. The van der Waals surface area contributed by atoms with Crippen LogP contribution in [0.25, 0.3) is 5.65 Å². The Morgan fingerprint density at radius 3 is 2.30 bits per heavy atom. The monoisotopic (exact) mass is 362 g/mol. The highest BCUT2D eigenvalue weighted by molar-refractivity contribution is 5.96. The Morgan fingerprint density at radius 1 is 1.15 bits per heavy atom. The average molecular weight is 362 g/mol. The number of rotatable bonds is 1. The zero-order valence-electron chi connectivity index (χ0n) is 15.2. The van der Waals surface area contributed by atoms with Gasteiger partial charge in [0.1, 0.15) is 5.56 Å². The number of fused-ring (bicyclic) bond motifs is 1. The SMILES string of the molecule is C#Cc1c(C(=O)N2CCC(C)(O)CC2)nn2cccnc12.c1ccccc1. The van der Waals surface area contributed by atoms with Crippen LogP contribution in [0.2, 0.25) is 0 Å². The number of terminal acetylenes is 1. The normalized spacial score (nSPS) is 15.5. The molecule has 1 amide bonds. The topological polar surface area (TPSA) is 70.7 Å². The van der Waals surface area contributed by atoms with Crippen LogP contribution in [-0.4, -0.2) is 49.2 Å². The molecule has 1 N–H and O–H groups in total. The van der Waals surface area contributed by atoms with E-state index >= 15 is 0 Å². The number of likely N-dealkylation sites (tertiary alicyclic amines) is 1. The molecule has 138 valence electrons. The second kappa shape index (κ2) is 8.02. The molecule has 3 aromatic rings. The summed E-state index contributed by atoms with van der Waals surface area (Å²) in [4.78, 5) is 18.5. The molecule has 0 atom stereocenters. The van der Waals surface area contributed by atoms with Crippen LogP contribution in [0.15, 0.2) is 54.9 Å². The number of nitrogens with zero attached hydrogens (tertiary/aromatic N) is 4. The summed E-state index contributed by atoms with van der Waals surface area (Å²) in [6.45, 7) is 2.78. The number of aromatic nitrogens is 3. The first-order chi connectivity index (χ1) is 13.0. The summed E-state index contributed by atoms with van der Waals surface area (Å²) >= 11 is 0. The molecule has 6 nitrogen and oxygen atoms in total. The van der Waals surface area contributed by atoms with Crippen LogP contribution >= 0.6 is 0 Å². The van der Waals surface area contributed by atoms with Gasteiger partial charge >= 0.3 is 0 Å². The lowest BCUT2D eigenvalue weighted by Crippen LogP contribution is -2.45. The van der Waals surface area contributed by atoms with Crippen molar-refractivity contribution in [2.45, 2.75) is 25.4 Å². The fourth-order valence-corrected chi connectivity index (χ4v) is 2.90. The highest BCUT2D eigenvalue weighted by Crippen LogP contribution is 2.23. The van der Waals surface area contributed by atoms with Gasteiger partial charge in [0.25, 0.3) is 5.91 Å². The number of carbonyl (C=O) groups excluding carboxylic acids is 1. The van der Waals surface area contributed by atoms with Gasteiger partial charge in [-0.25, -0.2) is 9.50 Å². The van der Waals surface area contributed by atoms with Crippen molar-refractivity contribution in [1.29, 1.82) is 0 Å². The van der Waals surface area contributed by atoms with Crippen molar-refractivity contribution in [1.82, 2.24) is 19.5 Å². The Hall–Kier alpha value is -3.17. The summed E-state index contributed by atoms with van der Waals surface area (Å²) in [7, 11) is 0. The van der Waals surface area contributed by atoms with Gasteiger partial charge in [-0.15, -0.1) is 6.42 Å². The lowest BCUT2D eigenvalue weighted by molar-refractivity contribution is -0.00220. The van der Waals surface area contributed by atoms with Gasteiger partial charge in [-0.1, -0.05) is 42.3 Å². The van der Waals surface area contributed by atoms with Crippen LogP contribution in [0.1, 0.15) is 35.8 Å². The van der Waals surface area contributed by atoms with Crippen LogP contribution in [0.3, 0.4) is 0 Å². The summed E-state index contributed by atoms with van der Waals surface area (Å²) < 4.78 is 1.52. The zero-order valence-corrected chi connectivity index (χ0v) is 15.2. The van der Waals surface area contributed by atoms with Crippen molar-refractivity contribution in [3.05, 3.63) is 66.1 Å². The number of hydrogen-bond acceptors (Lipinski definition) is 4. The molecule has 0 aliphatic carbocycles. The van der Waals surface area contributed by atoms with Crippen LogP contribution in [0.4, 0.5) is 0 Å². The standard InChI is InChI=1S/C15H16N4O2.C6H6/c1-3-11-12(17-19-8-4-7-16-13(11)19)14(20)18-9-5-15(2,21)6-10-18;1-2-4-6-5-3-1/h1,4,7-8,21H,5-6,9-10H2,2H3;1-6H. The Morgan fingerprint density at radius 2 is 1.74 bits per heavy atom. The fourth-order valence-electron chi connectivity index (χ4n) is 2.90. The Labute approximate surface area is 158 Å². The molecule has 0 saturated carbocycles. The number of amides is 1. The van der Waals surface area contributed by atoms with E-state index in [1.54, 1.807) is 30.3 Å². The highest BCUT2D eigenvalue weighted by atomic mass is 16.3. The minimum absolute atomic E-state index is 0.205. The van der Waals surface area contributed by atoms with Crippen LogP contribution < -0.4 is 0 Å². The Bertz CT molecular complexity index is 921. The number of benzene rings is 1. The zero-order chi connectivity index (χ0) is 19.3. The molecule has 1 fully saturated rings. The van der Waals surface area contributed by atoms with Crippen molar-refractivity contribution >= 4 is 11.6 Å². The molecule has 6 heteroatoms. The van der Waals surface area contributed by atoms with E-state index in [9.17, 15) is 9.90 Å². The third-order valence-corrected chi connectivity index (χ3v) is 4.54. The number of aliphatic hydroxyl groups is 1. The molecule has 1 aliphatic heterocycles. The molecule has 4 rings (SSSR count). The van der Waals surface area contributed by atoms with Gasteiger partial charge in [0.05, 0.1) is 5.60 Å². The van der Waals surface area contributed by atoms with Gasteiger partial charge in [0, 0.05) is 25.5 Å². The van der Waals surface area contributed by atoms with Gasteiger partial charge in [0.2, 0.25) is 0 Å². The first kappa shape index (κ1) is 18.6. The minimum atomic E-state index is -0.702. The molecule has 0 unspecified atom stereocenters. The van der Waals surface area contributed by atoms with E-state index in [-0.39, 0.29) is 11.6 Å². The lowest BCUT2D eigenvalue weighted by Gasteiger charge is -2.35. The van der Waals surface area contributed by atoms with E-state index in [2.05, 4.69) is 16.0 Å². The van der Waals surface area contributed by atoms with Crippen molar-refractivity contribution in [3.63, 3.8) is 0 Å². The van der Waals surface area contributed by atoms with Gasteiger partial charge < -0.3 is 10.0 Å². The summed E-state index contributed by atoms with van der Waals surface area (Å²) in [5, 5.41) is 14.2. The minimum Gasteiger partial charge on any atom is -0.390 e. The highest BCUT2D eigenvalue weighted by Gasteiger charge is 2.32. The van der Waals surface area contributed by atoms with E-state index in [1.165, 1.54) is 4.52 Å². The van der Waals surface area contributed by atoms with E-state index in [0.717, 1.165) is 0 Å². The molecule has 1 saturated heterocycles. The maximum atomic E-state index is 12.6. The molecule has 0 spiro atoms. The number of piperidine rings is 1. The summed E-state index contributed by atoms with van der Waals surface area (Å²) in [5.74, 6) is 2.31. The van der Waals surface area contributed by atoms with Gasteiger partial charge in [-0.3, -0.25) is 4.79 Å². The third kappa shape index (κ3) is 4.33. The molecule has 27 heavy (non-hydrogen) atoms. The van der Waals surface area contributed by atoms with Crippen molar-refractivity contribution < 1.29 is 9.90 Å². The van der Waals surface area contributed by atoms with E-state index in [4.69, 9.17) is 6.42 Å². The summed E-state index contributed by atoms with van der Waals surface area (Å²) in [6.07, 6.45) is 9.94. The predicted octanol–water partition coefficient (Wildman–Crippen LogP) is 2.38. The smallest absolute Gasteiger partial charge is 0.275 e. The van der Waals surface area contributed by atoms with E-state index < -0.39 is 5.60 Å². The molecule has 1 aromatic carbocycles. The number of hydrogen-bond donors (Lipinski definition) is 1. The van der Waals surface area contributed by atoms with Crippen molar-refractivity contribution in [3.8, 4) is 12.3 Å². The quantitative estimate of drug-likeness (QED) is 0.675. The second-order valence-electron chi connectivity index (χ2n) is 6.70. The Kier molecular flexibility index (Phi) is 5.53. The lowest BCUT2D eigenvalue weighted by atomic mass is 9.93. The third-order valence-electron chi connectivity index (χ3n) is 4.54. The molecular formula is C21H22N4O2. The largest absolute Gasteiger partial charge is 0.390 e. The van der Waals surface area contributed by atoms with Crippen molar-refractivity contribution in [2.24, 2.45) is 0 Å². The van der Waals surface area contributed by atoms with Crippen LogP contribution in [0, 0.1) is 12.3 Å². The van der Waals surface area contributed by atoms with E-state index in [0.29, 0.717) is 37.1 Å². The Balaban J connectivity index is 0.000000299. The average Bonchev–Trinajstić information content (AvgIpc) is 3.08. The molecule has 3 heterocycles. The number of carbonyl (C=O) groups is 1. The molecule has 1 aliphatic rings. The van der Waals surface area contributed by atoms with Crippen LogP contribution in [-0.2, 0) is 0 Å². The van der Waals surface area contributed by atoms with Crippen molar-refractivity contribution in [2.75, 3.05) is 13.1 Å². The van der Waals surface area contributed by atoms with Gasteiger partial charge in [0.15, 0.2) is 11.3 Å². The van der Waals surface area contributed by atoms with E-state index in [1.807, 2.05) is 36.4 Å². The predicted molar refractivity (Wildman–Crippen MR) is 103 cm³/mol. The maximum absolute atomic E-state index is 12.6. The molecule has 0 bridgehead atoms. The summed E-state index contributed by atoms with van der Waals surface area (Å²) in [6, 6.07) is 13.7. The fraction of sp³-hybridized carbons (Fsp3) is 0.286. The maximum Gasteiger partial charge on any atom is 0.275 e. The molecular weight excluding hydrogens is 340 g/mol. The van der Waals surface area contributed by atoms with Gasteiger partial charge in [-0.05, 0) is 25.8 Å².